The molecule has 86 valence electrons. The number of hydrogen-bond acceptors (Lipinski definition) is 2. The number of aryl methyl sites for hydroxylation is 1. The molecule has 0 aliphatic carbocycles. The average Bonchev–Trinajstić information content (AvgIpc) is 2.57. The molecule has 3 nitrogen and oxygen atoms in total. The van der Waals surface area contributed by atoms with Crippen LogP contribution in [0.1, 0.15) is 18.3 Å². The van der Waals surface area contributed by atoms with Crippen LogP contribution in [0.15, 0.2) is 18.3 Å². The molecule has 0 amide bonds. The second-order valence-corrected chi connectivity index (χ2v) is 4.48. The fourth-order valence-electron chi connectivity index (χ4n) is 1.83. The van der Waals surface area contributed by atoms with Crippen molar-refractivity contribution in [1.29, 1.82) is 0 Å². The third-order valence-corrected chi connectivity index (χ3v) is 3.14. The van der Waals surface area contributed by atoms with Gasteiger partial charge in [0.15, 0.2) is 5.15 Å². The van der Waals surface area contributed by atoms with E-state index in [0.29, 0.717) is 11.2 Å². The summed E-state index contributed by atoms with van der Waals surface area (Å²) in [7, 11) is 1.95. The molecule has 0 radical (unpaired) electrons. The number of halogens is 1. The number of pyridine rings is 1. The van der Waals surface area contributed by atoms with E-state index >= 15 is 0 Å². The highest BCUT2D eigenvalue weighted by molar-refractivity contribution is 6.32. The number of nitrogens with one attached hydrogen (secondary N) is 1. The van der Waals surface area contributed by atoms with Gasteiger partial charge in [-0.1, -0.05) is 17.7 Å². The third kappa shape index (κ3) is 1.93. The lowest BCUT2D eigenvalue weighted by Crippen LogP contribution is -2.24. The second kappa shape index (κ2) is 4.44. The molecule has 0 spiro atoms. The normalized spacial score (nSPS) is 13.2. The van der Waals surface area contributed by atoms with Crippen molar-refractivity contribution in [2.24, 2.45) is 0 Å². The minimum atomic E-state index is 0.391. The van der Waals surface area contributed by atoms with Crippen LogP contribution in [0, 0.1) is 6.92 Å². The summed E-state index contributed by atoms with van der Waals surface area (Å²) in [6, 6.07) is 4.46. The van der Waals surface area contributed by atoms with Gasteiger partial charge in [-0.3, -0.25) is 0 Å². The monoisotopic (exact) mass is 237 g/mol. The van der Waals surface area contributed by atoms with E-state index in [0.717, 1.165) is 23.3 Å². The molecular formula is C12H16ClN3. The Kier molecular flexibility index (Phi) is 3.17. The van der Waals surface area contributed by atoms with Gasteiger partial charge in [0.1, 0.15) is 5.82 Å². The molecule has 1 unspecified atom stereocenters. The Hall–Kier alpha value is -1.06. The number of aromatic nitrogens is 2. The van der Waals surface area contributed by atoms with Gasteiger partial charge < -0.3 is 9.72 Å². The highest BCUT2D eigenvalue weighted by Crippen LogP contribution is 2.22. The van der Waals surface area contributed by atoms with Crippen LogP contribution in [-0.4, -0.2) is 22.5 Å². The molecule has 2 rings (SSSR count). The van der Waals surface area contributed by atoms with Crippen molar-refractivity contribution in [1.82, 2.24) is 14.7 Å². The fraction of sp³-hybridized carbons (Fsp3) is 0.417. The highest BCUT2D eigenvalue weighted by atomic mass is 35.5. The highest BCUT2D eigenvalue weighted by Gasteiger charge is 2.12. The van der Waals surface area contributed by atoms with Crippen LogP contribution in [0.25, 0.3) is 5.52 Å². The molecule has 1 atom stereocenters. The van der Waals surface area contributed by atoms with Gasteiger partial charge in [0.05, 0.1) is 5.52 Å². The zero-order valence-electron chi connectivity index (χ0n) is 9.79. The molecule has 0 saturated carbocycles. The summed E-state index contributed by atoms with van der Waals surface area (Å²) < 4.78 is 2.07. The van der Waals surface area contributed by atoms with Crippen LogP contribution < -0.4 is 5.32 Å². The van der Waals surface area contributed by atoms with Crippen LogP contribution in [0.2, 0.25) is 5.15 Å². The predicted octanol–water partition coefficient (Wildman–Crippen LogP) is 2.45. The maximum Gasteiger partial charge on any atom is 0.155 e. The molecule has 0 fully saturated rings. The molecule has 0 saturated heterocycles. The molecule has 0 aliphatic heterocycles. The first kappa shape index (κ1) is 11.4. The fourth-order valence-corrected chi connectivity index (χ4v) is 2.17. The van der Waals surface area contributed by atoms with Gasteiger partial charge in [-0.05, 0) is 32.5 Å². The van der Waals surface area contributed by atoms with Gasteiger partial charge in [0.2, 0.25) is 0 Å². The van der Waals surface area contributed by atoms with Crippen LogP contribution in [0.4, 0.5) is 0 Å². The van der Waals surface area contributed by atoms with Gasteiger partial charge >= 0.3 is 0 Å². The minimum Gasteiger partial charge on any atom is -0.317 e. The predicted molar refractivity (Wildman–Crippen MR) is 67.2 cm³/mol. The van der Waals surface area contributed by atoms with Crippen molar-refractivity contribution in [2.75, 3.05) is 7.05 Å². The van der Waals surface area contributed by atoms with Gasteiger partial charge in [0.25, 0.3) is 0 Å². The Morgan fingerprint density at radius 1 is 1.56 bits per heavy atom. The van der Waals surface area contributed by atoms with Crippen molar-refractivity contribution >= 4 is 17.1 Å². The number of rotatable bonds is 3. The lowest BCUT2D eigenvalue weighted by atomic mass is 10.2. The largest absolute Gasteiger partial charge is 0.317 e. The number of likely N-dealkylation sites (N-methyl/N-ethyl adjacent to an activating group) is 1. The van der Waals surface area contributed by atoms with Crippen LogP contribution >= 0.6 is 11.6 Å². The topological polar surface area (TPSA) is 29.3 Å². The number of fused-ring (bicyclic) bond motifs is 1. The maximum absolute atomic E-state index is 6.16. The summed E-state index contributed by atoms with van der Waals surface area (Å²) in [6.07, 6.45) is 2.88. The Labute approximate surface area is 100 Å². The zero-order chi connectivity index (χ0) is 11.7. The molecule has 2 aromatic heterocycles. The van der Waals surface area contributed by atoms with E-state index < -0.39 is 0 Å². The quantitative estimate of drug-likeness (QED) is 0.889. The van der Waals surface area contributed by atoms with E-state index in [9.17, 15) is 0 Å². The minimum absolute atomic E-state index is 0.391. The summed E-state index contributed by atoms with van der Waals surface area (Å²) in [5.74, 6) is 1.01. The lowest BCUT2D eigenvalue weighted by molar-refractivity contribution is 0.590. The summed E-state index contributed by atoms with van der Waals surface area (Å²) in [6.45, 7) is 4.18. The summed E-state index contributed by atoms with van der Waals surface area (Å²) >= 11 is 6.16. The first-order valence-corrected chi connectivity index (χ1v) is 5.80. The first-order chi connectivity index (χ1) is 7.63. The van der Waals surface area contributed by atoms with Gasteiger partial charge in [-0.25, -0.2) is 4.98 Å². The Balaban J connectivity index is 2.51. The molecule has 4 heteroatoms. The maximum atomic E-state index is 6.16. The molecule has 1 N–H and O–H groups in total. The van der Waals surface area contributed by atoms with Gasteiger partial charge in [0, 0.05) is 18.7 Å². The van der Waals surface area contributed by atoms with Crippen molar-refractivity contribution < 1.29 is 0 Å². The SMILES string of the molecule is CNC(C)Cc1nc(Cl)c2c(C)cccn12. The summed E-state index contributed by atoms with van der Waals surface area (Å²) in [4.78, 5) is 4.43. The standard InChI is InChI=1S/C12H16ClN3/c1-8-5-4-6-16-10(7-9(2)14-3)15-12(13)11(8)16/h4-6,9,14H,7H2,1-3H3. The van der Waals surface area contributed by atoms with Crippen LogP contribution in [-0.2, 0) is 6.42 Å². The van der Waals surface area contributed by atoms with E-state index in [1.807, 2.05) is 32.3 Å². The summed E-state index contributed by atoms with van der Waals surface area (Å²) in [5.41, 5.74) is 2.17. The van der Waals surface area contributed by atoms with Crippen LogP contribution in [0.5, 0.6) is 0 Å². The molecule has 0 aliphatic rings. The van der Waals surface area contributed by atoms with E-state index in [2.05, 4.69) is 21.6 Å². The first-order valence-electron chi connectivity index (χ1n) is 5.42. The van der Waals surface area contributed by atoms with Gasteiger partial charge in [-0.15, -0.1) is 0 Å². The van der Waals surface area contributed by atoms with E-state index in [4.69, 9.17) is 11.6 Å². The van der Waals surface area contributed by atoms with Crippen molar-refractivity contribution in [3.8, 4) is 0 Å². The average molecular weight is 238 g/mol. The number of hydrogen-bond donors (Lipinski definition) is 1. The molecule has 0 aromatic carbocycles. The molecule has 2 aromatic rings. The third-order valence-electron chi connectivity index (χ3n) is 2.88. The van der Waals surface area contributed by atoms with E-state index in [-0.39, 0.29) is 0 Å². The molecular weight excluding hydrogens is 222 g/mol. The molecule has 16 heavy (non-hydrogen) atoms. The molecule has 0 bridgehead atoms. The number of nitrogens with zero attached hydrogens (tertiary/aromatic N) is 2. The Morgan fingerprint density at radius 2 is 2.31 bits per heavy atom. The van der Waals surface area contributed by atoms with Crippen LogP contribution in [0.3, 0.4) is 0 Å². The zero-order valence-corrected chi connectivity index (χ0v) is 10.5. The van der Waals surface area contributed by atoms with Crippen molar-refractivity contribution in [3.05, 3.63) is 34.9 Å². The summed E-state index contributed by atoms with van der Waals surface area (Å²) in [5, 5.41) is 3.80. The lowest BCUT2D eigenvalue weighted by Gasteiger charge is -2.08. The van der Waals surface area contributed by atoms with E-state index in [1.54, 1.807) is 0 Å². The van der Waals surface area contributed by atoms with Crippen molar-refractivity contribution in [2.45, 2.75) is 26.3 Å². The van der Waals surface area contributed by atoms with Crippen molar-refractivity contribution in [3.63, 3.8) is 0 Å². The van der Waals surface area contributed by atoms with E-state index in [1.165, 1.54) is 0 Å². The van der Waals surface area contributed by atoms with Gasteiger partial charge in [-0.2, -0.15) is 0 Å². The number of imidazole rings is 1. The smallest absolute Gasteiger partial charge is 0.155 e. The Bertz CT molecular complexity index is 504. The molecule has 2 heterocycles. The second-order valence-electron chi connectivity index (χ2n) is 4.12. The Morgan fingerprint density at radius 3 is 3.00 bits per heavy atom.